The lowest BCUT2D eigenvalue weighted by Crippen LogP contribution is -2.41. The maximum Gasteiger partial charge on any atom is 0.307 e. The smallest absolute Gasteiger partial charge is 0.307 e. The van der Waals surface area contributed by atoms with Gasteiger partial charge in [0, 0.05) is 23.7 Å². The molecular formula is C23H23FN2O3. The molecule has 0 spiro atoms. The van der Waals surface area contributed by atoms with E-state index in [0.29, 0.717) is 24.3 Å². The fourth-order valence-corrected chi connectivity index (χ4v) is 4.19. The Morgan fingerprint density at radius 1 is 1.28 bits per heavy atom. The standard InChI is InChI=1S/C23H23FN2O3/c1-29-21-9-8-18(24)12-19(21)22(26-10-4-6-16(14-26)23(27)28)17-11-15-5-2-3-7-20(15)25-13-17/h2-3,5,7-9,11-13,16,22H,4,6,10,14H2,1H3,(H,27,28). The highest BCUT2D eigenvalue weighted by Gasteiger charge is 2.33. The summed E-state index contributed by atoms with van der Waals surface area (Å²) in [4.78, 5) is 18.3. The van der Waals surface area contributed by atoms with Crippen molar-refractivity contribution < 1.29 is 19.0 Å². The lowest BCUT2D eigenvalue weighted by molar-refractivity contribution is -0.143. The Hall–Kier alpha value is -2.99. The third-order valence-electron chi connectivity index (χ3n) is 5.58. The number of para-hydroxylation sites is 1. The maximum atomic E-state index is 14.2. The van der Waals surface area contributed by atoms with E-state index in [1.54, 1.807) is 19.4 Å². The van der Waals surface area contributed by atoms with Crippen LogP contribution in [0, 0.1) is 11.7 Å². The van der Waals surface area contributed by atoms with E-state index in [1.165, 1.54) is 12.1 Å². The molecule has 1 saturated heterocycles. The summed E-state index contributed by atoms with van der Waals surface area (Å²) in [5.74, 6) is -1.02. The lowest BCUT2D eigenvalue weighted by atomic mass is 9.91. The van der Waals surface area contributed by atoms with Crippen LogP contribution in [-0.4, -0.2) is 41.2 Å². The summed E-state index contributed by atoms with van der Waals surface area (Å²) in [6.07, 6.45) is 3.21. The molecule has 5 nitrogen and oxygen atoms in total. The number of fused-ring (bicyclic) bond motifs is 1. The van der Waals surface area contributed by atoms with Crippen LogP contribution in [0.1, 0.15) is 30.0 Å². The summed E-state index contributed by atoms with van der Waals surface area (Å²) in [5.41, 5.74) is 2.44. The molecule has 29 heavy (non-hydrogen) atoms. The van der Waals surface area contributed by atoms with E-state index < -0.39 is 11.9 Å². The van der Waals surface area contributed by atoms with Gasteiger partial charge in [-0.2, -0.15) is 0 Å². The predicted octanol–water partition coefficient (Wildman–Crippen LogP) is 4.27. The summed E-state index contributed by atoms with van der Waals surface area (Å²) in [6, 6.07) is 14.0. The van der Waals surface area contributed by atoms with Crippen LogP contribution in [-0.2, 0) is 4.79 Å². The number of likely N-dealkylation sites (tertiary alicyclic amines) is 1. The van der Waals surface area contributed by atoms with Crippen LogP contribution in [0.15, 0.2) is 54.7 Å². The van der Waals surface area contributed by atoms with E-state index in [0.717, 1.165) is 29.4 Å². The number of nitrogens with zero attached hydrogens (tertiary/aromatic N) is 2. The molecule has 2 atom stereocenters. The topological polar surface area (TPSA) is 62.7 Å². The molecule has 0 aliphatic carbocycles. The number of carboxylic acids is 1. The third-order valence-corrected chi connectivity index (χ3v) is 5.58. The Morgan fingerprint density at radius 3 is 2.90 bits per heavy atom. The molecular weight excluding hydrogens is 371 g/mol. The van der Waals surface area contributed by atoms with Gasteiger partial charge in [-0.1, -0.05) is 18.2 Å². The fourth-order valence-electron chi connectivity index (χ4n) is 4.19. The zero-order valence-corrected chi connectivity index (χ0v) is 16.2. The summed E-state index contributed by atoms with van der Waals surface area (Å²) in [7, 11) is 1.56. The number of halogens is 1. The molecule has 1 aliphatic rings. The van der Waals surface area contributed by atoms with E-state index in [4.69, 9.17) is 4.74 Å². The number of pyridine rings is 1. The zero-order chi connectivity index (χ0) is 20.4. The van der Waals surface area contributed by atoms with Gasteiger partial charge in [0.1, 0.15) is 11.6 Å². The highest BCUT2D eigenvalue weighted by molar-refractivity contribution is 5.79. The molecule has 6 heteroatoms. The third kappa shape index (κ3) is 3.93. The van der Waals surface area contributed by atoms with Crippen molar-refractivity contribution in [1.82, 2.24) is 9.88 Å². The number of aromatic nitrogens is 1. The van der Waals surface area contributed by atoms with Crippen molar-refractivity contribution in [2.24, 2.45) is 5.92 Å². The van der Waals surface area contributed by atoms with E-state index in [2.05, 4.69) is 9.88 Å². The second-order valence-corrected chi connectivity index (χ2v) is 7.42. The van der Waals surface area contributed by atoms with Gasteiger partial charge in [0.2, 0.25) is 0 Å². The van der Waals surface area contributed by atoms with E-state index in [-0.39, 0.29) is 11.9 Å². The van der Waals surface area contributed by atoms with E-state index in [9.17, 15) is 14.3 Å². The molecule has 0 radical (unpaired) electrons. The first-order chi connectivity index (χ1) is 14.1. The first-order valence-electron chi connectivity index (χ1n) is 9.72. The van der Waals surface area contributed by atoms with Crippen LogP contribution in [0.2, 0.25) is 0 Å². The van der Waals surface area contributed by atoms with Gasteiger partial charge in [0.25, 0.3) is 0 Å². The van der Waals surface area contributed by atoms with Gasteiger partial charge in [-0.25, -0.2) is 4.39 Å². The summed E-state index contributed by atoms with van der Waals surface area (Å²) >= 11 is 0. The quantitative estimate of drug-likeness (QED) is 0.700. The van der Waals surface area contributed by atoms with Crippen LogP contribution in [0.4, 0.5) is 4.39 Å². The molecule has 0 bridgehead atoms. The number of carbonyl (C=O) groups is 1. The molecule has 150 valence electrons. The number of carboxylic acid groups (broad SMARTS) is 1. The van der Waals surface area contributed by atoms with Crippen LogP contribution in [0.5, 0.6) is 5.75 Å². The molecule has 0 amide bonds. The van der Waals surface area contributed by atoms with Crippen molar-refractivity contribution in [2.45, 2.75) is 18.9 Å². The second kappa shape index (κ2) is 8.17. The summed E-state index contributed by atoms with van der Waals surface area (Å²) in [5, 5.41) is 10.5. The predicted molar refractivity (Wildman–Crippen MR) is 108 cm³/mol. The minimum absolute atomic E-state index is 0.347. The number of rotatable bonds is 5. The van der Waals surface area contributed by atoms with Crippen molar-refractivity contribution in [3.63, 3.8) is 0 Å². The van der Waals surface area contributed by atoms with Crippen LogP contribution in [0.3, 0.4) is 0 Å². The van der Waals surface area contributed by atoms with Crippen LogP contribution in [0.25, 0.3) is 10.9 Å². The Labute approximate surface area is 168 Å². The van der Waals surface area contributed by atoms with Gasteiger partial charge in [-0.05, 0) is 55.3 Å². The molecule has 2 unspecified atom stereocenters. The van der Waals surface area contributed by atoms with Crippen molar-refractivity contribution >= 4 is 16.9 Å². The van der Waals surface area contributed by atoms with Crippen molar-refractivity contribution in [1.29, 1.82) is 0 Å². The number of piperidine rings is 1. The van der Waals surface area contributed by atoms with E-state index in [1.807, 2.05) is 30.3 Å². The molecule has 4 rings (SSSR count). The Bertz CT molecular complexity index is 1040. The minimum atomic E-state index is -0.795. The molecule has 1 aliphatic heterocycles. The number of hydrogen-bond donors (Lipinski definition) is 1. The van der Waals surface area contributed by atoms with Crippen molar-refractivity contribution in [2.75, 3.05) is 20.2 Å². The molecule has 2 heterocycles. The Balaban J connectivity index is 1.84. The van der Waals surface area contributed by atoms with E-state index >= 15 is 0 Å². The Kier molecular flexibility index (Phi) is 5.45. The van der Waals surface area contributed by atoms with Crippen molar-refractivity contribution in [3.05, 3.63) is 71.7 Å². The molecule has 1 N–H and O–H groups in total. The molecule has 2 aromatic carbocycles. The van der Waals surface area contributed by atoms with Gasteiger partial charge in [0.15, 0.2) is 0 Å². The van der Waals surface area contributed by atoms with Crippen LogP contribution >= 0.6 is 0 Å². The SMILES string of the molecule is COc1ccc(F)cc1C(c1cnc2ccccc2c1)N1CCCC(C(=O)O)C1. The number of hydrogen-bond acceptors (Lipinski definition) is 4. The van der Waals surface area contributed by atoms with Gasteiger partial charge in [0.05, 0.1) is 24.6 Å². The van der Waals surface area contributed by atoms with Gasteiger partial charge in [-0.3, -0.25) is 14.7 Å². The largest absolute Gasteiger partial charge is 0.496 e. The van der Waals surface area contributed by atoms with Gasteiger partial charge < -0.3 is 9.84 Å². The highest BCUT2D eigenvalue weighted by Crippen LogP contribution is 2.38. The zero-order valence-electron chi connectivity index (χ0n) is 16.2. The lowest BCUT2D eigenvalue weighted by Gasteiger charge is -2.38. The van der Waals surface area contributed by atoms with Gasteiger partial charge >= 0.3 is 5.97 Å². The van der Waals surface area contributed by atoms with Gasteiger partial charge in [-0.15, -0.1) is 0 Å². The average molecular weight is 394 g/mol. The first-order valence-corrected chi connectivity index (χ1v) is 9.72. The summed E-state index contributed by atoms with van der Waals surface area (Å²) < 4.78 is 19.7. The highest BCUT2D eigenvalue weighted by atomic mass is 19.1. The second-order valence-electron chi connectivity index (χ2n) is 7.42. The average Bonchev–Trinajstić information content (AvgIpc) is 2.74. The number of ether oxygens (including phenoxy) is 1. The molecule has 3 aromatic rings. The number of benzene rings is 2. The molecule has 1 aromatic heterocycles. The maximum absolute atomic E-state index is 14.2. The van der Waals surface area contributed by atoms with Crippen molar-refractivity contribution in [3.8, 4) is 5.75 Å². The first kappa shape index (κ1) is 19.3. The Morgan fingerprint density at radius 2 is 2.10 bits per heavy atom. The monoisotopic (exact) mass is 394 g/mol. The van der Waals surface area contributed by atoms with Crippen LogP contribution < -0.4 is 4.74 Å². The fraction of sp³-hybridized carbons (Fsp3) is 0.304. The number of aliphatic carboxylic acids is 1. The minimum Gasteiger partial charge on any atom is -0.496 e. The number of methoxy groups -OCH3 is 1. The normalized spacial score (nSPS) is 18.5. The molecule has 1 fully saturated rings. The molecule has 0 saturated carbocycles. The summed E-state index contributed by atoms with van der Waals surface area (Å²) in [6.45, 7) is 1.12.